The molecular formula is C9H11FO3S. The lowest BCUT2D eigenvalue weighted by Gasteiger charge is -2.05. The van der Waals surface area contributed by atoms with Crippen molar-refractivity contribution in [2.75, 3.05) is 0 Å². The molecule has 78 valence electrons. The van der Waals surface area contributed by atoms with Crippen LogP contribution in [0.1, 0.15) is 18.1 Å². The van der Waals surface area contributed by atoms with Crippen molar-refractivity contribution in [1.29, 1.82) is 0 Å². The number of hydrogen-bond acceptors (Lipinski definition) is 3. The summed E-state index contributed by atoms with van der Waals surface area (Å²) in [6.45, 7) is 3.64. The van der Waals surface area contributed by atoms with E-state index in [0.29, 0.717) is 12.0 Å². The van der Waals surface area contributed by atoms with Crippen LogP contribution in [0.3, 0.4) is 0 Å². The van der Waals surface area contributed by atoms with Gasteiger partial charge in [0.25, 0.3) is 0 Å². The van der Waals surface area contributed by atoms with Gasteiger partial charge in [0.1, 0.15) is 0 Å². The molecule has 0 heterocycles. The Kier molecular flexibility index (Phi) is 3.23. The highest BCUT2D eigenvalue weighted by Crippen LogP contribution is 2.20. The Bertz CT molecular complexity index is 426. The van der Waals surface area contributed by atoms with E-state index in [1.807, 2.05) is 6.92 Å². The van der Waals surface area contributed by atoms with Crippen molar-refractivity contribution in [3.8, 4) is 0 Å². The van der Waals surface area contributed by atoms with Gasteiger partial charge in [-0.25, -0.2) is 0 Å². The number of halogens is 1. The normalized spacial score (nSPS) is 11.6. The van der Waals surface area contributed by atoms with E-state index in [4.69, 9.17) is 0 Å². The van der Waals surface area contributed by atoms with Gasteiger partial charge < -0.3 is 0 Å². The number of hydrogen-bond donors (Lipinski definition) is 0. The van der Waals surface area contributed by atoms with Crippen LogP contribution < -0.4 is 0 Å². The van der Waals surface area contributed by atoms with Gasteiger partial charge in [0.15, 0.2) is 0 Å². The summed E-state index contributed by atoms with van der Waals surface area (Å²) in [5.41, 5.74) is 1.49. The average Bonchev–Trinajstić information content (AvgIpc) is 2.17. The van der Waals surface area contributed by atoms with E-state index in [1.165, 1.54) is 6.07 Å². The van der Waals surface area contributed by atoms with Crippen molar-refractivity contribution in [1.82, 2.24) is 0 Å². The van der Waals surface area contributed by atoms with Crippen molar-refractivity contribution in [2.24, 2.45) is 0 Å². The Hall–Kier alpha value is -0.940. The van der Waals surface area contributed by atoms with Crippen molar-refractivity contribution in [3.63, 3.8) is 0 Å². The molecule has 0 amide bonds. The predicted molar refractivity (Wildman–Crippen MR) is 49.9 cm³/mol. The maximum absolute atomic E-state index is 11.8. The second-order valence-corrected chi connectivity index (χ2v) is 4.46. The maximum atomic E-state index is 11.8. The van der Waals surface area contributed by atoms with Crippen molar-refractivity contribution < 1.29 is 17.3 Å². The first-order chi connectivity index (χ1) is 6.51. The first-order valence-electron chi connectivity index (χ1n) is 4.16. The second-order valence-electron chi connectivity index (χ2n) is 2.98. The van der Waals surface area contributed by atoms with E-state index in [0.717, 1.165) is 5.56 Å². The van der Waals surface area contributed by atoms with Crippen molar-refractivity contribution in [3.05, 3.63) is 29.3 Å². The molecule has 0 radical (unpaired) electrons. The zero-order chi connectivity index (χ0) is 10.8. The molecule has 0 aliphatic rings. The summed E-state index contributed by atoms with van der Waals surface area (Å²) in [6, 6.07) is 4.65. The third-order valence-corrected chi connectivity index (χ3v) is 3.05. The van der Waals surface area contributed by atoms with Crippen LogP contribution in [0.2, 0.25) is 0 Å². The van der Waals surface area contributed by atoms with Crippen LogP contribution in [-0.2, 0) is 20.9 Å². The Morgan fingerprint density at radius 1 is 1.43 bits per heavy atom. The van der Waals surface area contributed by atoms with Crippen molar-refractivity contribution >= 4 is 10.1 Å². The smallest absolute Gasteiger partial charge is 0.191 e. The van der Waals surface area contributed by atoms with Gasteiger partial charge in [-0.3, -0.25) is 0 Å². The standard InChI is InChI=1S/C9H11FO3S/c1-3-8-6-7(2)4-5-9(8)14(11,12)13-10/h4-6H,3H2,1-2H3. The molecular weight excluding hydrogens is 207 g/mol. The molecule has 0 aliphatic heterocycles. The number of aryl methyl sites for hydroxylation is 2. The zero-order valence-corrected chi connectivity index (χ0v) is 8.77. The van der Waals surface area contributed by atoms with E-state index in [2.05, 4.69) is 4.39 Å². The molecule has 0 atom stereocenters. The number of rotatable bonds is 3. The minimum absolute atomic E-state index is 0.104. The molecule has 0 saturated carbocycles. The summed E-state index contributed by atoms with van der Waals surface area (Å²) in [4.78, 5) is -0.104. The van der Waals surface area contributed by atoms with Gasteiger partial charge in [-0.1, -0.05) is 29.0 Å². The van der Waals surface area contributed by atoms with Gasteiger partial charge in [-0.2, -0.15) is 8.42 Å². The lowest BCUT2D eigenvalue weighted by Crippen LogP contribution is -2.04. The topological polar surface area (TPSA) is 43.4 Å². The lowest BCUT2D eigenvalue weighted by atomic mass is 10.1. The largest absolute Gasteiger partial charge is 0.327 e. The fraction of sp³-hybridized carbons (Fsp3) is 0.333. The van der Waals surface area contributed by atoms with Gasteiger partial charge in [-0.05, 0) is 29.5 Å². The third-order valence-electron chi connectivity index (χ3n) is 1.95. The Morgan fingerprint density at radius 2 is 2.07 bits per heavy atom. The summed E-state index contributed by atoms with van der Waals surface area (Å²) < 4.78 is 37.0. The molecule has 0 saturated heterocycles. The summed E-state index contributed by atoms with van der Waals surface area (Å²) in [5, 5.41) is 0. The Labute approximate surface area is 82.5 Å². The summed E-state index contributed by atoms with van der Waals surface area (Å²) >= 11 is 0. The van der Waals surface area contributed by atoms with Gasteiger partial charge in [0.2, 0.25) is 0 Å². The minimum atomic E-state index is -4.22. The molecule has 0 fully saturated rings. The van der Waals surface area contributed by atoms with E-state index in [-0.39, 0.29) is 4.90 Å². The van der Waals surface area contributed by atoms with E-state index >= 15 is 0 Å². The van der Waals surface area contributed by atoms with Crippen LogP contribution in [-0.4, -0.2) is 8.42 Å². The Morgan fingerprint density at radius 3 is 2.57 bits per heavy atom. The van der Waals surface area contributed by atoms with E-state index < -0.39 is 10.1 Å². The SMILES string of the molecule is CCc1cc(C)ccc1S(=O)(=O)OF. The molecule has 3 nitrogen and oxygen atoms in total. The quantitative estimate of drug-likeness (QED) is 0.780. The predicted octanol–water partition coefficient (Wildman–Crippen LogP) is 2.15. The van der Waals surface area contributed by atoms with Crippen LogP contribution >= 0.6 is 0 Å². The molecule has 14 heavy (non-hydrogen) atoms. The third kappa shape index (κ3) is 2.10. The fourth-order valence-corrected chi connectivity index (χ4v) is 2.09. The van der Waals surface area contributed by atoms with Crippen LogP contribution in [0.5, 0.6) is 0 Å². The van der Waals surface area contributed by atoms with Gasteiger partial charge in [-0.15, -0.1) is 0 Å². The molecule has 0 aromatic heterocycles. The molecule has 1 aromatic rings. The van der Waals surface area contributed by atoms with E-state index in [9.17, 15) is 12.9 Å². The second kappa shape index (κ2) is 4.06. The van der Waals surface area contributed by atoms with Gasteiger partial charge in [0, 0.05) is 0 Å². The van der Waals surface area contributed by atoms with Crippen molar-refractivity contribution in [2.45, 2.75) is 25.2 Å². The molecule has 0 unspecified atom stereocenters. The fourth-order valence-electron chi connectivity index (χ4n) is 1.26. The van der Waals surface area contributed by atoms with Gasteiger partial charge in [0.05, 0.1) is 4.90 Å². The highest BCUT2D eigenvalue weighted by atomic mass is 32.2. The molecule has 0 aliphatic carbocycles. The van der Waals surface area contributed by atoms with Crippen LogP contribution in [0, 0.1) is 6.92 Å². The summed E-state index contributed by atoms with van der Waals surface area (Å²) in [5.74, 6) is 0. The lowest BCUT2D eigenvalue weighted by molar-refractivity contribution is 0.00278. The molecule has 1 rings (SSSR count). The minimum Gasteiger partial charge on any atom is -0.191 e. The van der Waals surface area contributed by atoms with Gasteiger partial charge >= 0.3 is 10.1 Å². The molecule has 0 spiro atoms. The first kappa shape index (κ1) is 11.1. The molecule has 0 bridgehead atoms. The Balaban J connectivity index is 3.35. The number of benzene rings is 1. The van der Waals surface area contributed by atoms with Crippen LogP contribution in [0.25, 0.3) is 0 Å². The highest BCUT2D eigenvalue weighted by molar-refractivity contribution is 7.86. The maximum Gasteiger partial charge on any atom is 0.327 e. The summed E-state index contributed by atoms with van der Waals surface area (Å²) in [6.07, 6.45) is 0.513. The molecule has 1 aromatic carbocycles. The average molecular weight is 218 g/mol. The summed E-state index contributed by atoms with van der Waals surface area (Å²) in [7, 11) is -4.22. The highest BCUT2D eigenvalue weighted by Gasteiger charge is 2.19. The van der Waals surface area contributed by atoms with Crippen LogP contribution in [0.15, 0.2) is 23.1 Å². The molecule has 5 heteroatoms. The molecule has 0 N–H and O–H groups in total. The first-order valence-corrected chi connectivity index (χ1v) is 5.57. The monoisotopic (exact) mass is 218 g/mol. The van der Waals surface area contributed by atoms with E-state index in [1.54, 1.807) is 19.1 Å². The zero-order valence-electron chi connectivity index (χ0n) is 7.95. The van der Waals surface area contributed by atoms with Crippen LogP contribution in [0.4, 0.5) is 4.53 Å².